The van der Waals surface area contributed by atoms with Crippen molar-refractivity contribution in [2.75, 3.05) is 40.8 Å². The molecule has 1 aliphatic rings. The third kappa shape index (κ3) is 4.68. The molecule has 1 aromatic carbocycles. The number of piperazine rings is 1. The molecule has 2 rings (SSSR count). The Morgan fingerprint density at radius 3 is 2.90 bits per heavy atom. The van der Waals surface area contributed by atoms with Crippen molar-refractivity contribution in [3.8, 4) is 5.75 Å². The lowest BCUT2D eigenvalue weighted by Crippen LogP contribution is -2.53. The van der Waals surface area contributed by atoms with Crippen molar-refractivity contribution in [2.45, 2.75) is 24.9 Å². The van der Waals surface area contributed by atoms with Crippen molar-refractivity contribution in [2.24, 2.45) is 5.84 Å². The summed E-state index contributed by atoms with van der Waals surface area (Å²) >= 11 is 0. The Bertz CT molecular complexity index is 440. The van der Waals surface area contributed by atoms with E-state index >= 15 is 0 Å². The highest BCUT2D eigenvalue weighted by molar-refractivity contribution is 5.29. The molecule has 0 aliphatic carbocycles. The van der Waals surface area contributed by atoms with Crippen molar-refractivity contribution in [1.29, 1.82) is 0 Å². The molecule has 3 N–H and O–H groups in total. The van der Waals surface area contributed by atoms with Crippen molar-refractivity contribution in [3.05, 3.63) is 29.8 Å². The smallest absolute Gasteiger partial charge is 0.119 e. The Labute approximate surface area is 128 Å². The van der Waals surface area contributed by atoms with Crippen LogP contribution in [0.1, 0.15) is 12.0 Å². The first-order valence-electron chi connectivity index (χ1n) is 7.60. The SMILES string of the molecule is COc1cccc(CC(CC2CN(C)CCN2C)NN)c1. The van der Waals surface area contributed by atoms with Gasteiger partial charge in [-0.2, -0.15) is 0 Å². The summed E-state index contributed by atoms with van der Waals surface area (Å²) in [4.78, 5) is 4.83. The van der Waals surface area contributed by atoms with Crippen molar-refractivity contribution in [1.82, 2.24) is 15.2 Å². The summed E-state index contributed by atoms with van der Waals surface area (Å²) in [6.07, 6.45) is 1.97. The number of rotatable bonds is 6. The Kier molecular flexibility index (Phi) is 5.99. The summed E-state index contributed by atoms with van der Waals surface area (Å²) in [7, 11) is 6.09. The molecule has 0 spiro atoms. The second kappa shape index (κ2) is 7.75. The van der Waals surface area contributed by atoms with Gasteiger partial charge in [-0.1, -0.05) is 12.1 Å². The van der Waals surface area contributed by atoms with E-state index < -0.39 is 0 Å². The van der Waals surface area contributed by atoms with Crippen LogP contribution in [0.25, 0.3) is 0 Å². The molecule has 5 nitrogen and oxygen atoms in total. The van der Waals surface area contributed by atoms with Crippen LogP contribution in [-0.2, 0) is 6.42 Å². The maximum atomic E-state index is 5.78. The van der Waals surface area contributed by atoms with E-state index in [2.05, 4.69) is 41.5 Å². The predicted molar refractivity (Wildman–Crippen MR) is 86.3 cm³/mol. The highest BCUT2D eigenvalue weighted by atomic mass is 16.5. The van der Waals surface area contributed by atoms with Crippen LogP contribution in [-0.4, -0.2) is 62.7 Å². The third-order valence-electron chi connectivity index (χ3n) is 4.39. The fourth-order valence-electron chi connectivity index (χ4n) is 2.98. The number of ether oxygens (including phenoxy) is 1. The standard InChI is InChI=1S/C16H28N4O/c1-19-7-8-20(2)15(12-19)11-14(18-17)9-13-5-4-6-16(10-13)21-3/h4-6,10,14-15,18H,7-9,11-12,17H2,1-3H3. The van der Waals surface area contributed by atoms with Gasteiger partial charge in [0.1, 0.15) is 5.75 Å². The molecule has 0 amide bonds. The summed E-state index contributed by atoms with van der Waals surface area (Å²) < 4.78 is 5.28. The van der Waals surface area contributed by atoms with Crippen LogP contribution >= 0.6 is 0 Å². The predicted octanol–water partition coefficient (Wildman–Crippen LogP) is 0.706. The number of hydrogen-bond acceptors (Lipinski definition) is 5. The Morgan fingerprint density at radius 1 is 1.38 bits per heavy atom. The van der Waals surface area contributed by atoms with E-state index in [0.717, 1.165) is 38.2 Å². The third-order valence-corrected chi connectivity index (χ3v) is 4.39. The molecule has 0 bridgehead atoms. The van der Waals surface area contributed by atoms with Crippen molar-refractivity contribution in [3.63, 3.8) is 0 Å². The van der Waals surface area contributed by atoms with Gasteiger partial charge in [-0.3, -0.25) is 11.3 Å². The zero-order valence-corrected chi connectivity index (χ0v) is 13.4. The molecule has 0 saturated carbocycles. The van der Waals surface area contributed by atoms with Gasteiger partial charge >= 0.3 is 0 Å². The number of likely N-dealkylation sites (N-methyl/N-ethyl adjacent to an activating group) is 2. The lowest BCUT2D eigenvalue weighted by molar-refractivity contribution is 0.101. The number of hydrogen-bond donors (Lipinski definition) is 2. The zero-order valence-electron chi connectivity index (χ0n) is 13.4. The Morgan fingerprint density at radius 2 is 2.19 bits per heavy atom. The largest absolute Gasteiger partial charge is 0.497 e. The van der Waals surface area contributed by atoms with Gasteiger partial charge in [0.25, 0.3) is 0 Å². The van der Waals surface area contributed by atoms with E-state index in [9.17, 15) is 0 Å². The maximum absolute atomic E-state index is 5.78. The van der Waals surface area contributed by atoms with Crippen molar-refractivity contribution >= 4 is 0 Å². The summed E-state index contributed by atoms with van der Waals surface area (Å²) in [5.74, 6) is 6.68. The molecule has 1 fully saturated rings. The van der Waals surface area contributed by atoms with Crippen LogP contribution in [0.15, 0.2) is 24.3 Å². The number of benzene rings is 1. The van der Waals surface area contributed by atoms with Gasteiger partial charge in [-0.25, -0.2) is 0 Å². The number of nitrogens with one attached hydrogen (secondary N) is 1. The average molecular weight is 292 g/mol. The minimum Gasteiger partial charge on any atom is -0.497 e. The van der Waals surface area contributed by atoms with Gasteiger partial charge in [-0.05, 0) is 44.6 Å². The minimum atomic E-state index is 0.274. The highest BCUT2D eigenvalue weighted by Crippen LogP contribution is 2.17. The fourth-order valence-corrected chi connectivity index (χ4v) is 2.98. The molecule has 5 heteroatoms. The monoisotopic (exact) mass is 292 g/mol. The Hall–Kier alpha value is -1.14. The second-order valence-corrected chi connectivity index (χ2v) is 6.05. The fraction of sp³-hybridized carbons (Fsp3) is 0.625. The molecule has 2 atom stereocenters. The second-order valence-electron chi connectivity index (χ2n) is 6.05. The van der Waals surface area contributed by atoms with E-state index in [1.807, 2.05) is 12.1 Å². The molecular weight excluding hydrogens is 264 g/mol. The summed E-state index contributed by atoms with van der Waals surface area (Å²) in [5.41, 5.74) is 4.24. The summed E-state index contributed by atoms with van der Waals surface area (Å²) in [5, 5.41) is 0. The highest BCUT2D eigenvalue weighted by Gasteiger charge is 2.25. The molecule has 1 aromatic rings. The quantitative estimate of drug-likeness (QED) is 0.597. The molecule has 118 valence electrons. The molecule has 1 saturated heterocycles. The van der Waals surface area contributed by atoms with Crippen LogP contribution in [0.4, 0.5) is 0 Å². The van der Waals surface area contributed by atoms with Crippen LogP contribution < -0.4 is 16.0 Å². The molecular formula is C16H28N4O. The first kappa shape index (κ1) is 16.2. The van der Waals surface area contributed by atoms with E-state index in [1.165, 1.54) is 5.56 Å². The van der Waals surface area contributed by atoms with Crippen LogP contribution in [0.2, 0.25) is 0 Å². The Balaban J connectivity index is 1.95. The van der Waals surface area contributed by atoms with Crippen LogP contribution in [0.3, 0.4) is 0 Å². The summed E-state index contributed by atoms with van der Waals surface area (Å²) in [6, 6.07) is 9.04. The van der Waals surface area contributed by atoms with E-state index in [0.29, 0.717) is 6.04 Å². The van der Waals surface area contributed by atoms with E-state index in [1.54, 1.807) is 7.11 Å². The van der Waals surface area contributed by atoms with Gasteiger partial charge in [0, 0.05) is 31.7 Å². The van der Waals surface area contributed by atoms with Gasteiger partial charge in [0.05, 0.1) is 7.11 Å². The number of hydrazine groups is 1. The number of nitrogens with zero attached hydrogens (tertiary/aromatic N) is 2. The average Bonchev–Trinajstić information content (AvgIpc) is 2.50. The zero-order chi connectivity index (χ0) is 15.2. The van der Waals surface area contributed by atoms with Crippen molar-refractivity contribution < 1.29 is 4.74 Å². The topological polar surface area (TPSA) is 53.8 Å². The molecule has 21 heavy (non-hydrogen) atoms. The van der Waals surface area contributed by atoms with E-state index in [4.69, 9.17) is 10.6 Å². The van der Waals surface area contributed by atoms with Gasteiger partial charge in [0.15, 0.2) is 0 Å². The molecule has 0 radical (unpaired) electrons. The molecule has 2 unspecified atom stereocenters. The maximum Gasteiger partial charge on any atom is 0.119 e. The first-order valence-corrected chi connectivity index (χ1v) is 7.60. The van der Waals surface area contributed by atoms with Gasteiger partial charge < -0.3 is 14.5 Å². The molecule has 1 heterocycles. The van der Waals surface area contributed by atoms with Gasteiger partial charge in [0.2, 0.25) is 0 Å². The lowest BCUT2D eigenvalue weighted by Gasteiger charge is -2.39. The van der Waals surface area contributed by atoms with Crippen LogP contribution in [0, 0.1) is 0 Å². The number of methoxy groups -OCH3 is 1. The molecule has 1 aliphatic heterocycles. The van der Waals surface area contributed by atoms with E-state index in [-0.39, 0.29) is 6.04 Å². The minimum absolute atomic E-state index is 0.274. The van der Waals surface area contributed by atoms with Gasteiger partial charge in [-0.15, -0.1) is 0 Å². The van der Waals surface area contributed by atoms with Crippen LogP contribution in [0.5, 0.6) is 5.75 Å². The summed E-state index contributed by atoms with van der Waals surface area (Å²) in [6.45, 7) is 3.37. The molecule has 0 aromatic heterocycles. The normalized spacial score (nSPS) is 22.2. The first-order chi connectivity index (χ1) is 10.1. The number of nitrogens with two attached hydrogens (primary N) is 1. The lowest BCUT2D eigenvalue weighted by atomic mass is 9.97.